The summed E-state index contributed by atoms with van der Waals surface area (Å²) in [6.45, 7) is 4.90. The van der Waals surface area contributed by atoms with Crippen LogP contribution in [0.1, 0.15) is 39.2 Å². The van der Waals surface area contributed by atoms with Crippen LogP contribution in [0.5, 0.6) is 0 Å². The normalized spacial score (nSPS) is 12.8. The number of hydrogen-bond acceptors (Lipinski definition) is 4. The number of carbonyl (C=O) groups excluding carboxylic acids is 2. The molecular weight excluding hydrogens is 576 g/mol. The second-order valence-electron chi connectivity index (χ2n) is 9.30. The van der Waals surface area contributed by atoms with E-state index < -0.39 is 34.3 Å². The fraction of sp³-hybridized carbons (Fsp3) is 0.310. The first-order valence-corrected chi connectivity index (χ1v) is 15.0. The van der Waals surface area contributed by atoms with E-state index in [2.05, 4.69) is 5.32 Å². The van der Waals surface area contributed by atoms with Gasteiger partial charge in [-0.15, -0.1) is 0 Å². The lowest BCUT2D eigenvalue weighted by atomic mass is 10.1. The van der Waals surface area contributed by atoms with Crippen molar-refractivity contribution in [3.63, 3.8) is 0 Å². The van der Waals surface area contributed by atoms with E-state index in [1.807, 2.05) is 13.8 Å². The summed E-state index contributed by atoms with van der Waals surface area (Å²) >= 11 is 12.5. The van der Waals surface area contributed by atoms with E-state index in [1.165, 1.54) is 11.0 Å². The molecule has 0 aliphatic heterocycles. The van der Waals surface area contributed by atoms with Crippen LogP contribution in [0.15, 0.2) is 77.7 Å². The number of anilines is 1. The smallest absolute Gasteiger partial charge is 0.264 e. The van der Waals surface area contributed by atoms with Gasteiger partial charge in [-0.25, -0.2) is 12.8 Å². The largest absolute Gasteiger partial charge is 0.352 e. The van der Waals surface area contributed by atoms with Crippen LogP contribution in [0.4, 0.5) is 10.1 Å². The van der Waals surface area contributed by atoms with Crippen molar-refractivity contribution in [1.82, 2.24) is 10.2 Å². The number of amides is 2. The second-order valence-corrected chi connectivity index (χ2v) is 12.0. The third kappa shape index (κ3) is 7.74. The fourth-order valence-corrected chi connectivity index (χ4v) is 5.93. The lowest BCUT2D eigenvalue weighted by Crippen LogP contribution is -2.53. The molecule has 40 heavy (non-hydrogen) atoms. The van der Waals surface area contributed by atoms with Crippen LogP contribution < -0.4 is 9.62 Å². The minimum atomic E-state index is -4.29. The molecule has 11 heteroatoms. The average Bonchev–Trinajstić information content (AvgIpc) is 2.93. The minimum Gasteiger partial charge on any atom is -0.352 e. The van der Waals surface area contributed by atoms with Crippen LogP contribution >= 0.6 is 23.2 Å². The molecule has 3 aromatic rings. The van der Waals surface area contributed by atoms with Crippen molar-refractivity contribution in [2.75, 3.05) is 10.8 Å². The molecule has 0 fully saturated rings. The standard InChI is InChI=1S/C29H32Cl2FN3O4S/c1-4-20(3)33-29(37)27(5-2)34(18-21-11-12-22(30)17-26(21)31)28(36)19-35(24-9-7-6-8-10-24)40(38,39)25-15-13-23(32)14-16-25/h6-17,20,27H,4-5,18-19H2,1-3H3,(H,33,37)/t20-,27+/m1/s1. The Morgan fingerprint density at radius 1 is 0.950 bits per heavy atom. The highest BCUT2D eigenvalue weighted by molar-refractivity contribution is 7.92. The summed E-state index contributed by atoms with van der Waals surface area (Å²) in [4.78, 5) is 28.5. The first kappa shape index (κ1) is 31.4. The zero-order valence-electron chi connectivity index (χ0n) is 22.5. The lowest BCUT2D eigenvalue weighted by molar-refractivity contribution is -0.140. The predicted molar refractivity (Wildman–Crippen MR) is 156 cm³/mol. The summed E-state index contributed by atoms with van der Waals surface area (Å²) in [5, 5.41) is 3.64. The Bertz CT molecular complexity index is 1420. The Kier molecular flexibility index (Phi) is 11.0. The molecule has 0 aromatic heterocycles. The molecule has 0 aliphatic carbocycles. The highest BCUT2D eigenvalue weighted by atomic mass is 35.5. The Morgan fingerprint density at radius 2 is 1.60 bits per heavy atom. The summed E-state index contributed by atoms with van der Waals surface area (Å²) in [6, 6.07) is 16.3. The first-order chi connectivity index (χ1) is 19.0. The number of para-hydroxylation sites is 1. The molecule has 2 amide bonds. The van der Waals surface area contributed by atoms with Crippen LogP contribution in [-0.2, 0) is 26.2 Å². The van der Waals surface area contributed by atoms with Gasteiger partial charge >= 0.3 is 0 Å². The van der Waals surface area contributed by atoms with Crippen molar-refractivity contribution in [2.45, 2.75) is 57.1 Å². The number of sulfonamides is 1. The second kappa shape index (κ2) is 14.0. The molecule has 0 saturated carbocycles. The van der Waals surface area contributed by atoms with Crippen LogP contribution in [-0.4, -0.2) is 43.8 Å². The number of nitrogens with zero attached hydrogens (tertiary/aromatic N) is 2. The zero-order chi connectivity index (χ0) is 29.4. The molecule has 0 aliphatic rings. The predicted octanol–water partition coefficient (Wildman–Crippen LogP) is 6.05. The Hall–Kier alpha value is -3.14. The average molecular weight is 609 g/mol. The van der Waals surface area contributed by atoms with E-state index >= 15 is 0 Å². The van der Waals surface area contributed by atoms with Gasteiger partial charge in [-0.05, 0) is 73.9 Å². The first-order valence-electron chi connectivity index (χ1n) is 12.8. The molecule has 0 spiro atoms. The molecule has 7 nitrogen and oxygen atoms in total. The molecule has 2 atom stereocenters. The molecule has 1 N–H and O–H groups in total. The number of halogens is 3. The summed E-state index contributed by atoms with van der Waals surface area (Å²) in [7, 11) is -4.29. The molecule has 3 rings (SSSR count). The summed E-state index contributed by atoms with van der Waals surface area (Å²) in [5.74, 6) is -1.57. The molecule has 214 valence electrons. The van der Waals surface area contributed by atoms with Gasteiger partial charge in [-0.2, -0.15) is 0 Å². The maximum absolute atomic E-state index is 14.0. The van der Waals surface area contributed by atoms with Gasteiger partial charge < -0.3 is 10.2 Å². The van der Waals surface area contributed by atoms with Gasteiger partial charge in [0.05, 0.1) is 10.6 Å². The summed E-state index contributed by atoms with van der Waals surface area (Å²) in [5.41, 5.74) is 0.781. The third-order valence-corrected chi connectivity index (χ3v) is 8.84. The van der Waals surface area contributed by atoms with Gasteiger partial charge in [-0.1, -0.05) is 61.3 Å². The molecule has 3 aromatic carbocycles. The van der Waals surface area contributed by atoms with Crippen molar-refractivity contribution in [3.05, 3.63) is 94.2 Å². The Balaban J connectivity index is 2.06. The van der Waals surface area contributed by atoms with Crippen LogP contribution in [0, 0.1) is 5.82 Å². The molecular formula is C29H32Cl2FN3O4S. The maximum Gasteiger partial charge on any atom is 0.264 e. The summed E-state index contributed by atoms with van der Waals surface area (Å²) < 4.78 is 42.0. The fourth-order valence-electron chi connectivity index (χ4n) is 4.05. The number of hydrogen-bond donors (Lipinski definition) is 1. The van der Waals surface area contributed by atoms with Crippen LogP contribution in [0.3, 0.4) is 0 Å². The van der Waals surface area contributed by atoms with E-state index in [0.717, 1.165) is 28.6 Å². The van der Waals surface area contributed by atoms with Gasteiger partial charge in [0.25, 0.3) is 10.0 Å². The van der Waals surface area contributed by atoms with E-state index in [-0.39, 0.29) is 35.5 Å². The van der Waals surface area contributed by atoms with E-state index in [1.54, 1.807) is 49.4 Å². The number of rotatable bonds is 12. The third-order valence-electron chi connectivity index (χ3n) is 6.47. The number of nitrogens with one attached hydrogen (secondary N) is 1. The minimum absolute atomic E-state index is 0.0551. The van der Waals surface area contributed by atoms with Gasteiger partial charge in [0.2, 0.25) is 11.8 Å². The molecule has 0 saturated heterocycles. The maximum atomic E-state index is 14.0. The number of carbonyl (C=O) groups is 2. The Morgan fingerprint density at radius 3 is 2.17 bits per heavy atom. The van der Waals surface area contributed by atoms with Crippen LogP contribution in [0.25, 0.3) is 0 Å². The Labute approximate surface area is 244 Å². The van der Waals surface area contributed by atoms with E-state index in [9.17, 15) is 22.4 Å². The van der Waals surface area contributed by atoms with Gasteiger partial charge in [0.15, 0.2) is 0 Å². The van der Waals surface area contributed by atoms with Gasteiger partial charge in [-0.3, -0.25) is 13.9 Å². The van der Waals surface area contributed by atoms with Crippen molar-refractivity contribution in [2.24, 2.45) is 0 Å². The quantitative estimate of drug-likeness (QED) is 0.271. The molecule has 0 radical (unpaired) electrons. The lowest BCUT2D eigenvalue weighted by Gasteiger charge is -2.34. The van der Waals surface area contributed by atoms with Crippen molar-refractivity contribution >= 4 is 50.7 Å². The van der Waals surface area contributed by atoms with Crippen molar-refractivity contribution < 1.29 is 22.4 Å². The highest BCUT2D eigenvalue weighted by Gasteiger charge is 2.34. The van der Waals surface area contributed by atoms with Crippen molar-refractivity contribution in [1.29, 1.82) is 0 Å². The van der Waals surface area contributed by atoms with Gasteiger partial charge in [0.1, 0.15) is 18.4 Å². The van der Waals surface area contributed by atoms with Crippen LogP contribution in [0.2, 0.25) is 10.0 Å². The molecule has 0 bridgehead atoms. The SMILES string of the molecule is CC[C@@H](C)NC(=O)[C@H](CC)N(Cc1ccc(Cl)cc1Cl)C(=O)CN(c1ccccc1)S(=O)(=O)c1ccc(F)cc1. The zero-order valence-corrected chi connectivity index (χ0v) is 24.8. The van der Waals surface area contributed by atoms with Crippen molar-refractivity contribution in [3.8, 4) is 0 Å². The number of benzene rings is 3. The molecule has 0 unspecified atom stereocenters. The topological polar surface area (TPSA) is 86.8 Å². The highest BCUT2D eigenvalue weighted by Crippen LogP contribution is 2.27. The summed E-state index contributed by atoms with van der Waals surface area (Å²) in [6.07, 6.45) is 0.964. The van der Waals surface area contributed by atoms with E-state index in [0.29, 0.717) is 22.0 Å². The molecule has 0 heterocycles. The van der Waals surface area contributed by atoms with Gasteiger partial charge in [0, 0.05) is 22.6 Å². The monoisotopic (exact) mass is 607 g/mol. The van der Waals surface area contributed by atoms with E-state index in [4.69, 9.17) is 23.2 Å².